The van der Waals surface area contributed by atoms with Crippen LogP contribution in [0.1, 0.15) is 31.3 Å². The standard InChI is InChI=1S/C10H17N3O2S/c1-4-6-11-9-5-7-12-10(13-9)8(2)16(3,14)15/h5,7-8H,4,6H2,1-3H3,(H,11,12,13). The normalized spacial score (nSPS) is 13.4. The van der Waals surface area contributed by atoms with Crippen LogP contribution in [-0.2, 0) is 9.84 Å². The summed E-state index contributed by atoms with van der Waals surface area (Å²) in [5.74, 6) is 1.01. The minimum Gasteiger partial charge on any atom is -0.370 e. The van der Waals surface area contributed by atoms with E-state index in [9.17, 15) is 8.42 Å². The van der Waals surface area contributed by atoms with E-state index in [1.807, 2.05) is 6.92 Å². The van der Waals surface area contributed by atoms with Gasteiger partial charge in [0.05, 0.1) is 0 Å². The number of rotatable bonds is 5. The Morgan fingerprint density at radius 1 is 1.50 bits per heavy atom. The van der Waals surface area contributed by atoms with Crippen LogP contribution in [0.25, 0.3) is 0 Å². The number of hydrogen-bond acceptors (Lipinski definition) is 5. The molecule has 0 aliphatic heterocycles. The average molecular weight is 243 g/mol. The van der Waals surface area contributed by atoms with Crippen LogP contribution in [0.3, 0.4) is 0 Å². The van der Waals surface area contributed by atoms with Gasteiger partial charge in [-0.2, -0.15) is 0 Å². The molecule has 16 heavy (non-hydrogen) atoms. The van der Waals surface area contributed by atoms with E-state index in [4.69, 9.17) is 0 Å². The van der Waals surface area contributed by atoms with E-state index in [-0.39, 0.29) is 0 Å². The molecule has 1 heterocycles. The lowest BCUT2D eigenvalue weighted by Gasteiger charge is -2.09. The third kappa shape index (κ3) is 3.44. The summed E-state index contributed by atoms with van der Waals surface area (Å²) in [5, 5.41) is 2.42. The molecule has 0 fully saturated rings. The summed E-state index contributed by atoms with van der Waals surface area (Å²) in [6, 6.07) is 1.73. The van der Waals surface area contributed by atoms with Crippen molar-refractivity contribution in [1.82, 2.24) is 9.97 Å². The van der Waals surface area contributed by atoms with Gasteiger partial charge in [-0.25, -0.2) is 18.4 Å². The second-order valence-electron chi connectivity index (χ2n) is 3.70. The Balaban J connectivity index is 2.90. The van der Waals surface area contributed by atoms with Crippen LogP contribution in [0.2, 0.25) is 0 Å². The molecule has 1 rings (SSSR count). The van der Waals surface area contributed by atoms with Crippen molar-refractivity contribution < 1.29 is 8.42 Å². The fraction of sp³-hybridized carbons (Fsp3) is 0.600. The molecule has 5 nitrogen and oxygen atoms in total. The van der Waals surface area contributed by atoms with Crippen LogP contribution < -0.4 is 5.32 Å². The Morgan fingerprint density at radius 2 is 2.19 bits per heavy atom. The van der Waals surface area contributed by atoms with Gasteiger partial charge in [-0.05, 0) is 19.4 Å². The summed E-state index contributed by atoms with van der Waals surface area (Å²) in [7, 11) is -3.15. The summed E-state index contributed by atoms with van der Waals surface area (Å²) in [6.45, 7) is 4.45. The minimum absolute atomic E-state index is 0.337. The Bertz CT molecular complexity index is 445. The molecule has 0 aliphatic carbocycles. The van der Waals surface area contributed by atoms with Crippen LogP contribution in [0.5, 0.6) is 0 Å². The fourth-order valence-electron chi connectivity index (χ4n) is 1.11. The van der Waals surface area contributed by atoms with Crippen molar-refractivity contribution in [3.63, 3.8) is 0 Å². The van der Waals surface area contributed by atoms with Gasteiger partial charge < -0.3 is 5.32 Å². The lowest BCUT2D eigenvalue weighted by molar-refractivity contribution is 0.589. The second kappa shape index (κ2) is 5.25. The van der Waals surface area contributed by atoms with Crippen LogP contribution in [0.4, 0.5) is 5.82 Å². The Morgan fingerprint density at radius 3 is 2.75 bits per heavy atom. The largest absolute Gasteiger partial charge is 0.370 e. The number of sulfone groups is 1. The first-order valence-electron chi connectivity index (χ1n) is 5.20. The highest BCUT2D eigenvalue weighted by Crippen LogP contribution is 2.17. The van der Waals surface area contributed by atoms with Crippen molar-refractivity contribution in [2.24, 2.45) is 0 Å². The van der Waals surface area contributed by atoms with E-state index in [2.05, 4.69) is 15.3 Å². The highest BCUT2D eigenvalue weighted by Gasteiger charge is 2.20. The van der Waals surface area contributed by atoms with E-state index in [1.165, 1.54) is 6.26 Å². The second-order valence-corrected chi connectivity index (χ2v) is 6.06. The molecule has 0 bridgehead atoms. The van der Waals surface area contributed by atoms with Gasteiger partial charge >= 0.3 is 0 Å². The van der Waals surface area contributed by atoms with Crippen molar-refractivity contribution in [3.05, 3.63) is 18.1 Å². The maximum Gasteiger partial charge on any atom is 0.157 e. The molecule has 90 valence electrons. The number of hydrogen-bond donors (Lipinski definition) is 1. The zero-order valence-corrected chi connectivity index (χ0v) is 10.6. The zero-order valence-electron chi connectivity index (χ0n) is 9.77. The minimum atomic E-state index is -3.15. The molecule has 1 aromatic rings. The fourth-order valence-corrected chi connectivity index (χ4v) is 1.61. The average Bonchev–Trinajstić information content (AvgIpc) is 2.24. The maximum absolute atomic E-state index is 11.4. The molecule has 0 aromatic carbocycles. The lowest BCUT2D eigenvalue weighted by atomic mass is 10.4. The molecule has 0 amide bonds. The van der Waals surface area contributed by atoms with Crippen molar-refractivity contribution in [2.75, 3.05) is 18.1 Å². The summed E-state index contributed by atoms with van der Waals surface area (Å²) >= 11 is 0. The molecule has 0 radical (unpaired) electrons. The molecular formula is C10H17N3O2S. The predicted molar refractivity (Wildman–Crippen MR) is 64.1 cm³/mol. The smallest absolute Gasteiger partial charge is 0.157 e. The van der Waals surface area contributed by atoms with E-state index in [1.54, 1.807) is 19.2 Å². The van der Waals surface area contributed by atoms with E-state index < -0.39 is 15.1 Å². The van der Waals surface area contributed by atoms with Crippen molar-refractivity contribution in [3.8, 4) is 0 Å². The lowest BCUT2D eigenvalue weighted by Crippen LogP contribution is -2.12. The number of nitrogens with zero attached hydrogens (tertiary/aromatic N) is 2. The number of aromatic nitrogens is 2. The molecule has 1 atom stereocenters. The predicted octanol–water partition coefficient (Wildman–Crippen LogP) is 1.40. The van der Waals surface area contributed by atoms with Gasteiger partial charge in [0.25, 0.3) is 0 Å². The zero-order chi connectivity index (χ0) is 12.2. The summed E-state index contributed by atoms with van der Waals surface area (Å²) in [5.41, 5.74) is 0. The van der Waals surface area contributed by atoms with Gasteiger partial charge in [0.2, 0.25) is 0 Å². The van der Waals surface area contributed by atoms with Crippen LogP contribution in [0.15, 0.2) is 12.3 Å². The van der Waals surface area contributed by atoms with Crippen molar-refractivity contribution >= 4 is 15.7 Å². The third-order valence-electron chi connectivity index (χ3n) is 2.24. The monoisotopic (exact) mass is 243 g/mol. The molecule has 1 N–H and O–H groups in total. The number of nitrogens with one attached hydrogen (secondary N) is 1. The molecular weight excluding hydrogens is 226 g/mol. The SMILES string of the molecule is CCCNc1ccnc(C(C)S(C)(=O)=O)n1. The highest BCUT2D eigenvalue weighted by molar-refractivity contribution is 7.90. The Hall–Kier alpha value is -1.17. The molecule has 0 spiro atoms. The summed E-state index contributed by atoms with van der Waals surface area (Å²) < 4.78 is 22.7. The summed E-state index contributed by atoms with van der Waals surface area (Å²) in [4.78, 5) is 8.16. The first kappa shape index (κ1) is 12.9. The van der Waals surface area contributed by atoms with Crippen molar-refractivity contribution in [1.29, 1.82) is 0 Å². The molecule has 6 heteroatoms. The highest BCUT2D eigenvalue weighted by atomic mass is 32.2. The van der Waals surface area contributed by atoms with E-state index in [0.717, 1.165) is 13.0 Å². The molecule has 0 saturated heterocycles. The van der Waals surface area contributed by atoms with Gasteiger partial charge in [0, 0.05) is 19.0 Å². The van der Waals surface area contributed by atoms with Crippen LogP contribution in [-0.4, -0.2) is 31.2 Å². The van der Waals surface area contributed by atoms with Crippen LogP contribution in [0, 0.1) is 0 Å². The topological polar surface area (TPSA) is 72.0 Å². The Labute approximate surface area is 96.2 Å². The van der Waals surface area contributed by atoms with E-state index >= 15 is 0 Å². The first-order chi connectivity index (χ1) is 7.45. The van der Waals surface area contributed by atoms with Gasteiger partial charge in [-0.1, -0.05) is 6.92 Å². The molecule has 0 saturated carbocycles. The maximum atomic E-state index is 11.4. The first-order valence-corrected chi connectivity index (χ1v) is 7.16. The molecule has 1 aromatic heterocycles. The molecule has 1 unspecified atom stereocenters. The van der Waals surface area contributed by atoms with Gasteiger partial charge in [-0.3, -0.25) is 0 Å². The quantitative estimate of drug-likeness (QED) is 0.846. The Kier molecular flexibility index (Phi) is 4.23. The van der Waals surface area contributed by atoms with E-state index in [0.29, 0.717) is 11.6 Å². The van der Waals surface area contributed by atoms with Gasteiger partial charge in [-0.15, -0.1) is 0 Å². The summed E-state index contributed by atoms with van der Waals surface area (Å²) in [6.07, 6.45) is 3.75. The third-order valence-corrected chi connectivity index (χ3v) is 3.73. The van der Waals surface area contributed by atoms with Gasteiger partial charge in [0.15, 0.2) is 9.84 Å². The van der Waals surface area contributed by atoms with Crippen LogP contribution >= 0.6 is 0 Å². The number of anilines is 1. The van der Waals surface area contributed by atoms with Gasteiger partial charge in [0.1, 0.15) is 16.9 Å². The van der Waals surface area contributed by atoms with Crippen molar-refractivity contribution in [2.45, 2.75) is 25.5 Å². The molecule has 0 aliphatic rings.